The monoisotopic (exact) mass is 716 g/mol. The first-order valence-corrected chi connectivity index (χ1v) is 19.2. The van der Waals surface area contributed by atoms with Gasteiger partial charge in [-0.25, -0.2) is 9.97 Å². The third-order valence-corrected chi connectivity index (χ3v) is 11.7. The fraction of sp³-hybridized carbons (Fsp3) is 0.0566. The number of nitrogens with zero attached hydrogens (tertiary/aromatic N) is 2. The van der Waals surface area contributed by atoms with Crippen LogP contribution in [-0.4, -0.2) is 9.97 Å². The highest BCUT2D eigenvalue weighted by Gasteiger charge is 2.36. The number of benzene rings is 8. The first-order chi connectivity index (χ1) is 27.5. The van der Waals surface area contributed by atoms with E-state index in [1.165, 1.54) is 33.0 Å². The van der Waals surface area contributed by atoms with Crippen molar-refractivity contribution < 1.29 is 4.42 Å². The largest absolute Gasteiger partial charge is 0.456 e. The van der Waals surface area contributed by atoms with Crippen LogP contribution < -0.4 is 0 Å². The molecular formula is C53H36N2O. The van der Waals surface area contributed by atoms with Crippen LogP contribution in [0.2, 0.25) is 0 Å². The third kappa shape index (κ3) is 5.05. The van der Waals surface area contributed by atoms with E-state index in [4.69, 9.17) is 14.4 Å². The fourth-order valence-corrected chi connectivity index (χ4v) is 8.97. The zero-order valence-corrected chi connectivity index (χ0v) is 31.1. The van der Waals surface area contributed by atoms with Crippen molar-refractivity contribution in [2.24, 2.45) is 0 Å². The smallest absolute Gasteiger partial charge is 0.160 e. The molecule has 1 aliphatic carbocycles. The van der Waals surface area contributed by atoms with Gasteiger partial charge in [0.2, 0.25) is 0 Å². The molecule has 2 heterocycles. The summed E-state index contributed by atoms with van der Waals surface area (Å²) in [5.74, 6) is 0.696. The topological polar surface area (TPSA) is 38.9 Å². The number of hydrogen-bond acceptors (Lipinski definition) is 3. The Balaban J connectivity index is 1.18. The van der Waals surface area contributed by atoms with Gasteiger partial charge in [-0.2, -0.15) is 0 Å². The zero-order valence-electron chi connectivity index (χ0n) is 31.1. The Labute approximate surface area is 325 Å². The summed E-state index contributed by atoms with van der Waals surface area (Å²) in [7, 11) is 0. The van der Waals surface area contributed by atoms with Crippen molar-refractivity contribution in [2.45, 2.75) is 19.3 Å². The van der Waals surface area contributed by atoms with E-state index in [0.29, 0.717) is 5.82 Å². The normalized spacial score (nSPS) is 13.0. The van der Waals surface area contributed by atoms with Crippen LogP contribution in [0.3, 0.4) is 0 Å². The average molecular weight is 717 g/mol. The van der Waals surface area contributed by atoms with E-state index in [2.05, 4.69) is 184 Å². The van der Waals surface area contributed by atoms with E-state index in [0.717, 1.165) is 72.3 Å². The highest BCUT2D eigenvalue weighted by atomic mass is 16.3. The maximum atomic E-state index is 6.54. The molecule has 8 aromatic carbocycles. The summed E-state index contributed by atoms with van der Waals surface area (Å²) in [5.41, 5.74) is 16.2. The predicted molar refractivity (Wildman–Crippen MR) is 232 cm³/mol. The minimum atomic E-state index is -0.122. The minimum absolute atomic E-state index is 0.122. The van der Waals surface area contributed by atoms with Crippen LogP contribution in [0, 0.1) is 0 Å². The fourth-order valence-electron chi connectivity index (χ4n) is 8.97. The molecule has 3 nitrogen and oxygen atoms in total. The molecule has 0 aliphatic heterocycles. The molecule has 0 unspecified atom stereocenters. The average Bonchev–Trinajstić information content (AvgIpc) is 3.75. The predicted octanol–water partition coefficient (Wildman–Crippen LogP) is 14.2. The van der Waals surface area contributed by atoms with Gasteiger partial charge in [0.1, 0.15) is 11.2 Å². The molecule has 264 valence electrons. The summed E-state index contributed by atoms with van der Waals surface area (Å²) in [6, 6.07) is 64.7. The van der Waals surface area contributed by atoms with Gasteiger partial charge >= 0.3 is 0 Å². The van der Waals surface area contributed by atoms with Crippen LogP contribution >= 0.6 is 0 Å². The Morgan fingerprint density at radius 2 is 1.00 bits per heavy atom. The molecule has 1 aliphatic rings. The minimum Gasteiger partial charge on any atom is -0.456 e. The third-order valence-electron chi connectivity index (χ3n) is 11.7. The standard InChI is InChI=1S/C53H36N2O/c1-53(2)44-25-13-11-22-40(44)50-41(24-15-26-45(50)53)47-32-46(54-52(55-47)34-18-7-4-8-19-34)37-29-35(33-16-5-3-6-17-33)28-36(30-37)43-31-49-51(39-21-10-9-20-38(39)43)42-23-12-14-27-48(42)56-49/h3-32H,1-2H3. The molecule has 2 aromatic heterocycles. The van der Waals surface area contributed by atoms with E-state index >= 15 is 0 Å². The molecule has 0 N–H and O–H groups in total. The molecule has 0 saturated heterocycles. The SMILES string of the molecule is CC1(C)c2ccccc2-c2c(-c3cc(-c4cc(-c5ccccc5)cc(-c5cc6oc7ccccc7c6c6ccccc56)c4)nc(-c4ccccc4)n3)cccc21. The molecule has 0 saturated carbocycles. The van der Waals surface area contributed by atoms with Crippen LogP contribution in [0.15, 0.2) is 186 Å². The first-order valence-electron chi connectivity index (χ1n) is 19.2. The van der Waals surface area contributed by atoms with Crippen molar-refractivity contribution in [3.8, 4) is 67.3 Å². The Morgan fingerprint density at radius 1 is 0.393 bits per heavy atom. The summed E-state index contributed by atoms with van der Waals surface area (Å²) in [6.45, 7) is 4.65. The van der Waals surface area contributed by atoms with Gasteiger partial charge in [0.15, 0.2) is 5.82 Å². The quantitative estimate of drug-likeness (QED) is 0.178. The molecular weight excluding hydrogens is 681 g/mol. The number of fused-ring (bicyclic) bond motifs is 8. The number of aromatic nitrogens is 2. The van der Waals surface area contributed by atoms with Gasteiger partial charge in [0.25, 0.3) is 0 Å². The van der Waals surface area contributed by atoms with Crippen LogP contribution in [0.25, 0.3) is 100.0 Å². The van der Waals surface area contributed by atoms with Crippen molar-refractivity contribution in [2.75, 3.05) is 0 Å². The Hall–Kier alpha value is -7.10. The number of rotatable bonds is 5. The van der Waals surface area contributed by atoms with E-state index in [-0.39, 0.29) is 5.41 Å². The molecule has 0 spiro atoms. The van der Waals surface area contributed by atoms with Gasteiger partial charge in [-0.3, -0.25) is 0 Å². The highest BCUT2D eigenvalue weighted by Crippen LogP contribution is 2.52. The molecule has 0 fully saturated rings. The summed E-state index contributed by atoms with van der Waals surface area (Å²) < 4.78 is 6.54. The van der Waals surface area contributed by atoms with Gasteiger partial charge in [-0.05, 0) is 91.7 Å². The Kier molecular flexibility index (Phi) is 7.20. The second kappa shape index (κ2) is 12.5. The van der Waals surface area contributed by atoms with Gasteiger partial charge in [0.05, 0.1) is 11.4 Å². The van der Waals surface area contributed by atoms with Crippen molar-refractivity contribution >= 4 is 32.7 Å². The zero-order chi connectivity index (χ0) is 37.4. The lowest BCUT2D eigenvalue weighted by atomic mass is 9.82. The summed E-state index contributed by atoms with van der Waals surface area (Å²) in [6.07, 6.45) is 0. The van der Waals surface area contributed by atoms with E-state index in [9.17, 15) is 0 Å². The second-order valence-corrected chi connectivity index (χ2v) is 15.3. The van der Waals surface area contributed by atoms with Gasteiger partial charge < -0.3 is 4.42 Å². The number of para-hydroxylation sites is 1. The Morgan fingerprint density at radius 3 is 1.82 bits per heavy atom. The summed E-state index contributed by atoms with van der Waals surface area (Å²) >= 11 is 0. The molecule has 11 rings (SSSR count). The van der Waals surface area contributed by atoms with Crippen molar-refractivity contribution in [1.29, 1.82) is 0 Å². The molecule has 56 heavy (non-hydrogen) atoms. The lowest BCUT2D eigenvalue weighted by Crippen LogP contribution is -2.14. The van der Waals surface area contributed by atoms with Crippen LogP contribution in [-0.2, 0) is 5.41 Å². The second-order valence-electron chi connectivity index (χ2n) is 15.3. The van der Waals surface area contributed by atoms with E-state index in [1.54, 1.807) is 0 Å². The lowest BCUT2D eigenvalue weighted by Gasteiger charge is -2.21. The van der Waals surface area contributed by atoms with Crippen LogP contribution in [0.4, 0.5) is 0 Å². The summed E-state index contributed by atoms with van der Waals surface area (Å²) in [5, 5.41) is 4.63. The molecule has 0 atom stereocenters. The van der Waals surface area contributed by atoms with E-state index < -0.39 is 0 Å². The van der Waals surface area contributed by atoms with Gasteiger partial charge in [-0.1, -0.05) is 159 Å². The van der Waals surface area contributed by atoms with Gasteiger partial charge in [-0.15, -0.1) is 0 Å². The van der Waals surface area contributed by atoms with Crippen molar-refractivity contribution in [1.82, 2.24) is 9.97 Å². The van der Waals surface area contributed by atoms with Crippen molar-refractivity contribution in [3.63, 3.8) is 0 Å². The van der Waals surface area contributed by atoms with Crippen molar-refractivity contribution in [3.05, 3.63) is 193 Å². The van der Waals surface area contributed by atoms with Gasteiger partial charge in [0, 0.05) is 32.9 Å². The first kappa shape index (κ1) is 32.3. The van der Waals surface area contributed by atoms with E-state index in [1.807, 2.05) is 12.1 Å². The number of hydrogen-bond donors (Lipinski definition) is 0. The van der Waals surface area contributed by atoms with Crippen LogP contribution in [0.5, 0.6) is 0 Å². The maximum absolute atomic E-state index is 6.54. The lowest BCUT2D eigenvalue weighted by molar-refractivity contribution is 0.660. The molecule has 0 radical (unpaired) electrons. The maximum Gasteiger partial charge on any atom is 0.160 e. The molecule has 3 heteroatoms. The molecule has 10 aromatic rings. The number of furan rings is 1. The molecule has 0 bridgehead atoms. The van der Waals surface area contributed by atoms with Crippen LogP contribution in [0.1, 0.15) is 25.0 Å². The highest BCUT2D eigenvalue weighted by molar-refractivity contribution is 6.22. The summed E-state index contributed by atoms with van der Waals surface area (Å²) in [4.78, 5) is 10.7. The Bertz CT molecular complexity index is 3160. The molecule has 0 amide bonds.